The Hall–Kier alpha value is -1.84. The zero-order chi connectivity index (χ0) is 15.2. The van der Waals surface area contributed by atoms with Crippen LogP contribution in [0, 0.1) is 5.92 Å². The lowest BCUT2D eigenvalue weighted by Gasteiger charge is -2.23. The van der Waals surface area contributed by atoms with Crippen LogP contribution in [0.2, 0.25) is 0 Å². The van der Waals surface area contributed by atoms with E-state index < -0.39 is 6.04 Å². The van der Waals surface area contributed by atoms with E-state index in [1.807, 2.05) is 24.3 Å². The lowest BCUT2D eigenvalue weighted by molar-refractivity contribution is -0.126. The molecule has 1 saturated carbocycles. The normalized spacial score (nSPS) is 16.5. The second kappa shape index (κ2) is 7.25. The SMILES string of the molecule is CCc1ccccc1NC(=O)[C@@H](NC(C)=O)C1CCCC1. The summed E-state index contributed by atoms with van der Waals surface area (Å²) in [4.78, 5) is 24.0. The lowest BCUT2D eigenvalue weighted by Crippen LogP contribution is -2.47. The van der Waals surface area contributed by atoms with E-state index in [9.17, 15) is 9.59 Å². The van der Waals surface area contributed by atoms with Gasteiger partial charge in [-0.25, -0.2) is 0 Å². The molecule has 0 bridgehead atoms. The first-order valence-corrected chi connectivity index (χ1v) is 7.77. The Morgan fingerprint density at radius 2 is 1.90 bits per heavy atom. The maximum Gasteiger partial charge on any atom is 0.247 e. The highest BCUT2D eigenvalue weighted by atomic mass is 16.2. The van der Waals surface area contributed by atoms with Crippen LogP contribution in [0.1, 0.15) is 45.1 Å². The number of anilines is 1. The Kier molecular flexibility index (Phi) is 5.37. The molecule has 1 aliphatic rings. The second-order valence-electron chi connectivity index (χ2n) is 5.72. The molecule has 0 aliphatic heterocycles. The Morgan fingerprint density at radius 1 is 1.24 bits per heavy atom. The fourth-order valence-corrected chi connectivity index (χ4v) is 3.07. The highest BCUT2D eigenvalue weighted by molar-refractivity contribution is 5.97. The molecule has 0 radical (unpaired) electrons. The minimum absolute atomic E-state index is 0.0991. The molecule has 1 atom stereocenters. The van der Waals surface area contributed by atoms with Gasteiger partial charge in [-0.2, -0.15) is 0 Å². The van der Waals surface area contributed by atoms with Crippen molar-refractivity contribution in [2.75, 3.05) is 5.32 Å². The van der Waals surface area contributed by atoms with E-state index in [4.69, 9.17) is 0 Å². The molecule has 0 aromatic heterocycles. The Bertz CT molecular complexity index is 507. The average molecular weight is 288 g/mol. The average Bonchev–Trinajstić information content (AvgIpc) is 2.99. The van der Waals surface area contributed by atoms with Crippen molar-refractivity contribution < 1.29 is 9.59 Å². The summed E-state index contributed by atoms with van der Waals surface area (Å²) in [5.74, 6) is 0.00603. The third-order valence-electron chi connectivity index (χ3n) is 4.17. The predicted octanol–water partition coefficient (Wildman–Crippen LogP) is 2.88. The summed E-state index contributed by atoms with van der Waals surface area (Å²) in [6.07, 6.45) is 5.16. The molecule has 114 valence electrons. The largest absolute Gasteiger partial charge is 0.344 e. The van der Waals surface area contributed by atoms with Gasteiger partial charge in [-0.3, -0.25) is 9.59 Å². The zero-order valence-corrected chi connectivity index (χ0v) is 12.8. The molecular weight excluding hydrogens is 264 g/mol. The maximum absolute atomic E-state index is 12.6. The van der Waals surface area contributed by atoms with Crippen molar-refractivity contribution in [3.8, 4) is 0 Å². The van der Waals surface area contributed by atoms with Crippen molar-refractivity contribution in [3.05, 3.63) is 29.8 Å². The Morgan fingerprint density at radius 3 is 2.52 bits per heavy atom. The smallest absolute Gasteiger partial charge is 0.247 e. The number of carbonyl (C=O) groups is 2. The van der Waals surface area contributed by atoms with Crippen LogP contribution in [-0.2, 0) is 16.0 Å². The van der Waals surface area contributed by atoms with Gasteiger partial charge in [0.05, 0.1) is 0 Å². The molecule has 1 aliphatic carbocycles. The van der Waals surface area contributed by atoms with Crippen molar-refractivity contribution in [2.45, 2.75) is 52.0 Å². The fourth-order valence-electron chi connectivity index (χ4n) is 3.07. The molecule has 2 rings (SSSR count). The van der Waals surface area contributed by atoms with Gasteiger partial charge in [0.1, 0.15) is 6.04 Å². The minimum Gasteiger partial charge on any atom is -0.344 e. The van der Waals surface area contributed by atoms with Crippen molar-refractivity contribution in [2.24, 2.45) is 5.92 Å². The molecule has 2 amide bonds. The molecule has 1 fully saturated rings. The minimum atomic E-state index is -0.421. The molecule has 4 heteroatoms. The zero-order valence-electron chi connectivity index (χ0n) is 12.8. The summed E-state index contributed by atoms with van der Waals surface area (Å²) in [6.45, 7) is 3.53. The first kappa shape index (κ1) is 15.5. The fraction of sp³-hybridized carbons (Fsp3) is 0.529. The quantitative estimate of drug-likeness (QED) is 0.875. The van der Waals surface area contributed by atoms with Crippen LogP contribution in [0.15, 0.2) is 24.3 Å². The van der Waals surface area contributed by atoms with E-state index >= 15 is 0 Å². The van der Waals surface area contributed by atoms with Crippen LogP contribution in [0.4, 0.5) is 5.69 Å². The number of nitrogens with one attached hydrogen (secondary N) is 2. The third-order valence-corrected chi connectivity index (χ3v) is 4.17. The number of amides is 2. The van der Waals surface area contributed by atoms with Crippen LogP contribution < -0.4 is 10.6 Å². The second-order valence-corrected chi connectivity index (χ2v) is 5.72. The number of hydrogen-bond donors (Lipinski definition) is 2. The first-order valence-electron chi connectivity index (χ1n) is 7.77. The van der Waals surface area contributed by atoms with Gasteiger partial charge < -0.3 is 10.6 Å². The summed E-state index contributed by atoms with van der Waals surface area (Å²) in [5.41, 5.74) is 1.96. The van der Waals surface area contributed by atoms with Gasteiger partial charge >= 0.3 is 0 Å². The number of benzene rings is 1. The molecule has 21 heavy (non-hydrogen) atoms. The van der Waals surface area contributed by atoms with Crippen molar-refractivity contribution >= 4 is 17.5 Å². The monoisotopic (exact) mass is 288 g/mol. The Labute approximate surface area is 126 Å². The summed E-state index contributed by atoms with van der Waals surface area (Å²) < 4.78 is 0. The molecule has 0 spiro atoms. The standard InChI is InChI=1S/C17H24N2O2/c1-3-13-8-6-7-11-15(13)19-17(21)16(18-12(2)20)14-9-4-5-10-14/h6-8,11,14,16H,3-5,9-10H2,1-2H3,(H,18,20)(H,19,21)/t16-/m0/s1. The molecule has 2 N–H and O–H groups in total. The summed E-state index contributed by atoms with van der Waals surface area (Å²) in [7, 11) is 0. The lowest BCUT2D eigenvalue weighted by atomic mass is 9.97. The van der Waals surface area contributed by atoms with Gasteiger partial charge in [0, 0.05) is 12.6 Å². The molecule has 1 aromatic rings. The molecule has 0 unspecified atom stereocenters. The Balaban J connectivity index is 2.12. The van der Waals surface area contributed by atoms with Crippen molar-refractivity contribution in [3.63, 3.8) is 0 Å². The first-order chi connectivity index (χ1) is 10.1. The van der Waals surface area contributed by atoms with Gasteiger partial charge in [0.15, 0.2) is 0 Å². The van der Waals surface area contributed by atoms with E-state index in [0.717, 1.165) is 43.4 Å². The third kappa shape index (κ3) is 4.06. The van der Waals surface area contributed by atoms with E-state index in [1.54, 1.807) is 0 Å². The molecule has 1 aromatic carbocycles. The van der Waals surface area contributed by atoms with Crippen LogP contribution >= 0.6 is 0 Å². The van der Waals surface area contributed by atoms with Gasteiger partial charge in [-0.15, -0.1) is 0 Å². The number of hydrogen-bond acceptors (Lipinski definition) is 2. The van der Waals surface area contributed by atoms with Crippen LogP contribution in [0.5, 0.6) is 0 Å². The predicted molar refractivity (Wildman–Crippen MR) is 84.0 cm³/mol. The van der Waals surface area contributed by atoms with Crippen molar-refractivity contribution in [1.29, 1.82) is 0 Å². The summed E-state index contributed by atoms with van der Waals surface area (Å²) in [6, 6.07) is 7.39. The molecule has 4 nitrogen and oxygen atoms in total. The summed E-state index contributed by atoms with van der Waals surface area (Å²) >= 11 is 0. The highest BCUT2D eigenvalue weighted by Gasteiger charge is 2.31. The van der Waals surface area contributed by atoms with Gasteiger partial charge in [0.25, 0.3) is 0 Å². The topological polar surface area (TPSA) is 58.2 Å². The number of carbonyl (C=O) groups excluding carboxylic acids is 2. The van der Waals surface area contributed by atoms with Gasteiger partial charge in [0.2, 0.25) is 11.8 Å². The van der Waals surface area contributed by atoms with Gasteiger partial charge in [-0.1, -0.05) is 38.0 Å². The molecule has 0 saturated heterocycles. The van der Waals surface area contributed by atoms with Crippen LogP contribution in [0.3, 0.4) is 0 Å². The van der Waals surface area contributed by atoms with Crippen LogP contribution in [0.25, 0.3) is 0 Å². The van der Waals surface area contributed by atoms with E-state index in [1.165, 1.54) is 6.92 Å². The van der Waals surface area contributed by atoms with E-state index in [-0.39, 0.29) is 17.7 Å². The highest BCUT2D eigenvalue weighted by Crippen LogP contribution is 2.28. The maximum atomic E-state index is 12.6. The summed E-state index contributed by atoms with van der Waals surface area (Å²) in [5, 5.41) is 5.82. The van der Waals surface area contributed by atoms with Gasteiger partial charge in [-0.05, 0) is 36.8 Å². The molecular formula is C17H24N2O2. The van der Waals surface area contributed by atoms with Crippen LogP contribution in [-0.4, -0.2) is 17.9 Å². The van der Waals surface area contributed by atoms with E-state index in [0.29, 0.717) is 0 Å². The van der Waals surface area contributed by atoms with Crippen molar-refractivity contribution in [1.82, 2.24) is 5.32 Å². The molecule has 0 heterocycles. The van der Waals surface area contributed by atoms with E-state index in [2.05, 4.69) is 17.6 Å². The number of aryl methyl sites for hydroxylation is 1. The number of rotatable bonds is 5. The number of para-hydroxylation sites is 1.